The van der Waals surface area contributed by atoms with Crippen LogP contribution in [0, 0.1) is 11.6 Å². The minimum atomic E-state index is -0.627. The number of hydrogen-bond donors (Lipinski definition) is 1. The maximum Gasteiger partial charge on any atom is 0.237 e. The minimum absolute atomic E-state index is 0.286. The molecule has 1 atom stereocenters. The van der Waals surface area contributed by atoms with E-state index in [1.165, 1.54) is 24.4 Å². The van der Waals surface area contributed by atoms with Gasteiger partial charge in [0.1, 0.15) is 17.6 Å². The van der Waals surface area contributed by atoms with Crippen molar-refractivity contribution in [2.45, 2.75) is 5.92 Å². The summed E-state index contributed by atoms with van der Waals surface area (Å²) in [6.07, 6.45) is 1.45. The molecule has 2 aromatic carbocycles. The first-order chi connectivity index (χ1) is 12.5. The first kappa shape index (κ1) is 18.0. The minimum Gasteiger partial charge on any atom is -0.383 e. The molecule has 3 rings (SSSR count). The monoisotopic (exact) mass is 359 g/mol. The fourth-order valence-electron chi connectivity index (χ4n) is 2.80. The predicted octanol–water partition coefficient (Wildman–Crippen LogP) is 3.49. The Morgan fingerprint density at radius 1 is 1.27 bits per heavy atom. The van der Waals surface area contributed by atoms with Crippen molar-refractivity contribution >= 4 is 29.2 Å². The molecule has 0 aliphatic carbocycles. The molecule has 0 saturated carbocycles. The summed E-state index contributed by atoms with van der Waals surface area (Å²) in [4.78, 5) is 18.0. The number of hydrogen-bond acceptors (Lipinski definition) is 4. The van der Waals surface area contributed by atoms with Crippen molar-refractivity contribution in [3.05, 3.63) is 53.6 Å². The van der Waals surface area contributed by atoms with Gasteiger partial charge in [0.05, 0.1) is 18.0 Å². The van der Waals surface area contributed by atoms with Gasteiger partial charge in [-0.2, -0.15) is 0 Å². The third-order valence-corrected chi connectivity index (χ3v) is 4.24. The van der Waals surface area contributed by atoms with Crippen LogP contribution in [0.2, 0.25) is 0 Å². The van der Waals surface area contributed by atoms with Gasteiger partial charge in [0.25, 0.3) is 0 Å². The van der Waals surface area contributed by atoms with Crippen LogP contribution in [-0.4, -0.2) is 39.4 Å². The van der Waals surface area contributed by atoms with Crippen LogP contribution in [0.5, 0.6) is 0 Å². The largest absolute Gasteiger partial charge is 0.383 e. The molecule has 136 valence electrons. The van der Waals surface area contributed by atoms with Crippen LogP contribution in [0.25, 0.3) is 0 Å². The van der Waals surface area contributed by atoms with Crippen LogP contribution in [0.3, 0.4) is 0 Å². The molecule has 1 aliphatic heterocycles. The molecular weight excluding hydrogens is 340 g/mol. The Labute approximate surface area is 150 Å². The number of benzene rings is 2. The van der Waals surface area contributed by atoms with Crippen LogP contribution in [-0.2, 0) is 9.53 Å². The van der Waals surface area contributed by atoms with Gasteiger partial charge in [0.15, 0.2) is 0 Å². The third-order valence-electron chi connectivity index (χ3n) is 4.24. The molecule has 5 nitrogen and oxygen atoms in total. The van der Waals surface area contributed by atoms with E-state index in [-0.39, 0.29) is 5.91 Å². The molecule has 0 aromatic heterocycles. The average molecular weight is 359 g/mol. The van der Waals surface area contributed by atoms with Gasteiger partial charge >= 0.3 is 0 Å². The van der Waals surface area contributed by atoms with Crippen LogP contribution < -0.4 is 10.2 Å². The molecule has 0 radical (unpaired) electrons. The van der Waals surface area contributed by atoms with Crippen LogP contribution in [0.4, 0.5) is 25.8 Å². The van der Waals surface area contributed by atoms with Crippen LogP contribution in [0.1, 0.15) is 11.5 Å². The summed E-state index contributed by atoms with van der Waals surface area (Å²) < 4.78 is 32.6. The highest BCUT2D eigenvalue weighted by molar-refractivity contribution is 6.12. The lowest BCUT2D eigenvalue weighted by molar-refractivity contribution is -0.115. The van der Waals surface area contributed by atoms with E-state index in [1.54, 1.807) is 37.3 Å². The molecule has 0 saturated heterocycles. The van der Waals surface area contributed by atoms with Crippen LogP contribution >= 0.6 is 0 Å². The Balaban J connectivity index is 1.77. The lowest BCUT2D eigenvalue weighted by Gasteiger charge is -2.19. The van der Waals surface area contributed by atoms with Gasteiger partial charge in [-0.05, 0) is 29.8 Å². The number of likely N-dealkylation sites (N-methyl/N-ethyl adjacent to an activating group) is 1. The van der Waals surface area contributed by atoms with Crippen molar-refractivity contribution in [3.8, 4) is 0 Å². The summed E-state index contributed by atoms with van der Waals surface area (Å²) in [5.74, 6) is -1.74. The van der Waals surface area contributed by atoms with E-state index in [1.807, 2.05) is 0 Å². The molecule has 26 heavy (non-hydrogen) atoms. The maximum absolute atomic E-state index is 14.3. The molecule has 1 amide bonds. The Bertz CT molecular complexity index is 855. The molecular formula is C19H19F2N3O2. The number of nitrogens with zero attached hydrogens (tertiary/aromatic N) is 2. The van der Waals surface area contributed by atoms with Gasteiger partial charge in [0, 0.05) is 38.7 Å². The van der Waals surface area contributed by atoms with Crippen molar-refractivity contribution in [1.29, 1.82) is 0 Å². The maximum atomic E-state index is 14.3. The number of amides is 1. The first-order valence-corrected chi connectivity index (χ1v) is 8.13. The topological polar surface area (TPSA) is 53.9 Å². The van der Waals surface area contributed by atoms with Gasteiger partial charge in [-0.15, -0.1) is 0 Å². The Morgan fingerprint density at radius 2 is 2.08 bits per heavy atom. The lowest BCUT2D eigenvalue weighted by atomic mass is 10.0. The second kappa shape index (κ2) is 7.61. The highest BCUT2D eigenvalue weighted by Crippen LogP contribution is 2.32. The molecule has 0 fully saturated rings. The highest BCUT2D eigenvalue weighted by atomic mass is 19.1. The van der Waals surface area contributed by atoms with Crippen molar-refractivity contribution in [2.24, 2.45) is 4.99 Å². The number of rotatable bonds is 6. The number of methoxy groups -OCH3 is 1. The Kier molecular flexibility index (Phi) is 5.27. The quantitative estimate of drug-likeness (QED) is 0.804. The summed E-state index contributed by atoms with van der Waals surface area (Å²) in [5.41, 5.74) is 1.93. The number of aliphatic imine (C=N–C) groups is 1. The number of carbonyl (C=O) groups is 1. The fourth-order valence-corrected chi connectivity index (χ4v) is 2.80. The molecule has 1 unspecified atom stereocenters. The van der Waals surface area contributed by atoms with Crippen molar-refractivity contribution in [1.82, 2.24) is 0 Å². The highest BCUT2D eigenvalue weighted by Gasteiger charge is 2.29. The Hall–Kier alpha value is -2.80. The normalized spacial score (nSPS) is 16.0. The molecule has 1 aliphatic rings. The zero-order chi connectivity index (χ0) is 18.7. The standard InChI is InChI=1S/C19H19F2N3O2/c1-24(7-8-26-2)18-6-4-13(10-16(18)21)22-11-15-14-5-3-12(20)9-17(14)23-19(15)25/h3-6,9-11,15H,7-8H2,1-2H3,(H,23,25). The van der Waals surface area contributed by atoms with Crippen molar-refractivity contribution in [3.63, 3.8) is 0 Å². The average Bonchev–Trinajstić information content (AvgIpc) is 2.92. The van der Waals surface area contributed by atoms with Gasteiger partial charge < -0.3 is 15.0 Å². The smallest absolute Gasteiger partial charge is 0.237 e. The van der Waals surface area contributed by atoms with E-state index >= 15 is 0 Å². The molecule has 2 aromatic rings. The zero-order valence-corrected chi connectivity index (χ0v) is 14.5. The number of halogens is 2. The van der Waals surface area contributed by atoms with Crippen molar-refractivity contribution < 1.29 is 18.3 Å². The number of ether oxygens (including phenoxy) is 1. The van der Waals surface area contributed by atoms with Crippen LogP contribution in [0.15, 0.2) is 41.4 Å². The summed E-state index contributed by atoms with van der Waals surface area (Å²) in [6, 6.07) is 8.74. The van der Waals surface area contributed by atoms with E-state index in [9.17, 15) is 13.6 Å². The molecule has 1 heterocycles. The zero-order valence-electron chi connectivity index (χ0n) is 14.5. The van der Waals surface area contributed by atoms with E-state index < -0.39 is 17.6 Å². The second-order valence-corrected chi connectivity index (χ2v) is 6.03. The first-order valence-electron chi connectivity index (χ1n) is 8.13. The van der Waals surface area contributed by atoms with E-state index in [2.05, 4.69) is 10.3 Å². The van der Waals surface area contributed by atoms with Gasteiger partial charge in [0.2, 0.25) is 5.91 Å². The molecule has 7 heteroatoms. The number of fused-ring (bicyclic) bond motifs is 1. The summed E-state index contributed by atoms with van der Waals surface area (Å²) in [7, 11) is 3.37. The lowest BCUT2D eigenvalue weighted by Crippen LogP contribution is -2.22. The van der Waals surface area contributed by atoms with E-state index in [0.29, 0.717) is 35.8 Å². The number of carbonyl (C=O) groups excluding carboxylic acids is 1. The third kappa shape index (κ3) is 3.72. The summed E-state index contributed by atoms with van der Waals surface area (Å²) in [6.45, 7) is 1.05. The summed E-state index contributed by atoms with van der Waals surface area (Å²) >= 11 is 0. The number of nitrogens with one attached hydrogen (secondary N) is 1. The van der Waals surface area contributed by atoms with E-state index in [4.69, 9.17) is 4.74 Å². The SMILES string of the molecule is COCCN(C)c1ccc(N=CC2C(=O)Nc3cc(F)ccc32)cc1F. The summed E-state index contributed by atoms with van der Waals surface area (Å²) in [5, 5.41) is 2.62. The predicted molar refractivity (Wildman–Crippen MR) is 97.5 cm³/mol. The van der Waals surface area contributed by atoms with Gasteiger partial charge in [-0.3, -0.25) is 9.79 Å². The van der Waals surface area contributed by atoms with E-state index in [0.717, 1.165) is 0 Å². The second-order valence-electron chi connectivity index (χ2n) is 6.03. The van der Waals surface area contributed by atoms with Gasteiger partial charge in [-0.25, -0.2) is 8.78 Å². The molecule has 1 N–H and O–H groups in total. The van der Waals surface area contributed by atoms with Gasteiger partial charge in [-0.1, -0.05) is 6.07 Å². The fraction of sp³-hybridized carbons (Fsp3) is 0.263. The molecule has 0 bridgehead atoms. The molecule has 0 spiro atoms. The Morgan fingerprint density at radius 3 is 2.81 bits per heavy atom. The number of anilines is 2. The van der Waals surface area contributed by atoms with Crippen molar-refractivity contribution in [2.75, 3.05) is 37.5 Å².